The molecule has 1 fully saturated rings. The van der Waals surface area contributed by atoms with Crippen LogP contribution in [-0.4, -0.2) is 39.3 Å². The summed E-state index contributed by atoms with van der Waals surface area (Å²) < 4.78 is 31.4. The molecule has 0 heterocycles. The molecule has 1 saturated carbocycles. The van der Waals surface area contributed by atoms with E-state index in [4.69, 9.17) is 4.74 Å². The second kappa shape index (κ2) is 8.56. The van der Waals surface area contributed by atoms with Crippen LogP contribution in [-0.2, 0) is 14.8 Å². The van der Waals surface area contributed by atoms with Gasteiger partial charge >= 0.3 is 0 Å². The van der Waals surface area contributed by atoms with Gasteiger partial charge in [-0.2, -0.15) is 0 Å². The number of hydrogen-bond acceptors (Lipinski definition) is 4. The third kappa shape index (κ3) is 5.92. The quantitative estimate of drug-likeness (QED) is 0.803. The van der Waals surface area contributed by atoms with E-state index in [1.807, 2.05) is 13.8 Å². The summed E-state index contributed by atoms with van der Waals surface area (Å²) in [5.41, 5.74) is 0.387. The van der Waals surface area contributed by atoms with E-state index in [0.29, 0.717) is 11.4 Å². The maximum absolute atomic E-state index is 12.4. The smallest absolute Gasteiger partial charge is 0.240 e. The molecule has 0 radical (unpaired) electrons. The molecule has 1 aromatic carbocycles. The molecule has 0 bridgehead atoms. The first-order valence-corrected chi connectivity index (χ1v) is 10.6. The number of ether oxygens (including phenoxy) is 1. The Morgan fingerprint density at radius 1 is 1.24 bits per heavy atom. The van der Waals surface area contributed by atoms with Gasteiger partial charge in [-0.3, -0.25) is 9.10 Å². The number of amides is 1. The second-order valence-electron chi connectivity index (χ2n) is 6.81. The lowest BCUT2D eigenvalue weighted by Crippen LogP contribution is -2.44. The summed E-state index contributed by atoms with van der Waals surface area (Å²) in [4.78, 5) is 12.4. The maximum Gasteiger partial charge on any atom is 0.240 e. The number of benzene rings is 1. The SMILES string of the molecule is CC(C)Oc1ccccc1N(CC(=O)NC1CCCCC1)S(C)(=O)=O. The Bertz CT molecular complexity index is 682. The molecule has 0 unspecified atom stereocenters. The number of sulfonamides is 1. The van der Waals surface area contributed by atoms with Crippen LogP contribution in [0, 0.1) is 0 Å². The van der Waals surface area contributed by atoms with Gasteiger partial charge in [0.15, 0.2) is 0 Å². The van der Waals surface area contributed by atoms with Crippen LogP contribution in [0.25, 0.3) is 0 Å². The lowest BCUT2D eigenvalue weighted by Gasteiger charge is -2.27. The monoisotopic (exact) mass is 368 g/mol. The van der Waals surface area contributed by atoms with Crippen molar-refractivity contribution in [1.82, 2.24) is 5.32 Å². The molecule has 1 aromatic rings. The number of hydrogen-bond donors (Lipinski definition) is 1. The van der Waals surface area contributed by atoms with Crippen molar-refractivity contribution >= 4 is 21.6 Å². The van der Waals surface area contributed by atoms with Gasteiger partial charge in [-0.05, 0) is 38.8 Å². The number of anilines is 1. The van der Waals surface area contributed by atoms with Crippen LogP contribution < -0.4 is 14.4 Å². The van der Waals surface area contributed by atoms with Crippen molar-refractivity contribution in [2.24, 2.45) is 0 Å². The largest absolute Gasteiger partial charge is 0.489 e. The number of rotatable bonds is 7. The minimum absolute atomic E-state index is 0.0985. The number of para-hydroxylation sites is 2. The molecule has 0 saturated heterocycles. The van der Waals surface area contributed by atoms with Crippen molar-refractivity contribution in [3.63, 3.8) is 0 Å². The van der Waals surface area contributed by atoms with Gasteiger partial charge in [-0.1, -0.05) is 31.4 Å². The van der Waals surface area contributed by atoms with Crippen LogP contribution in [0.3, 0.4) is 0 Å². The Balaban J connectivity index is 2.18. The summed E-state index contributed by atoms with van der Waals surface area (Å²) in [7, 11) is -3.62. The van der Waals surface area contributed by atoms with Gasteiger partial charge in [-0.15, -0.1) is 0 Å². The van der Waals surface area contributed by atoms with Crippen molar-refractivity contribution in [1.29, 1.82) is 0 Å². The lowest BCUT2D eigenvalue weighted by atomic mass is 9.95. The Hall–Kier alpha value is -1.76. The van der Waals surface area contributed by atoms with Crippen LogP contribution in [0.5, 0.6) is 5.75 Å². The third-order valence-electron chi connectivity index (χ3n) is 4.15. The fraction of sp³-hybridized carbons (Fsp3) is 0.611. The molecule has 1 aliphatic rings. The van der Waals surface area contributed by atoms with Crippen molar-refractivity contribution in [2.75, 3.05) is 17.1 Å². The first-order chi connectivity index (χ1) is 11.8. The predicted molar refractivity (Wildman–Crippen MR) is 99.4 cm³/mol. The molecule has 0 aliphatic heterocycles. The summed E-state index contributed by atoms with van der Waals surface area (Å²) in [5, 5.41) is 2.97. The average molecular weight is 368 g/mol. The molecule has 6 nitrogen and oxygen atoms in total. The lowest BCUT2D eigenvalue weighted by molar-refractivity contribution is -0.120. The van der Waals surface area contributed by atoms with Gasteiger partial charge in [-0.25, -0.2) is 8.42 Å². The Kier molecular flexibility index (Phi) is 6.70. The normalized spacial score (nSPS) is 15.8. The van der Waals surface area contributed by atoms with E-state index < -0.39 is 10.0 Å². The summed E-state index contributed by atoms with van der Waals surface area (Å²) in [6.07, 6.45) is 6.32. The highest BCUT2D eigenvalue weighted by Gasteiger charge is 2.25. The highest BCUT2D eigenvalue weighted by molar-refractivity contribution is 7.92. The Morgan fingerprint density at radius 3 is 2.48 bits per heavy atom. The summed E-state index contributed by atoms with van der Waals surface area (Å²) in [5.74, 6) is 0.171. The van der Waals surface area contributed by atoms with Crippen molar-refractivity contribution in [3.05, 3.63) is 24.3 Å². The zero-order valence-electron chi connectivity index (χ0n) is 15.2. The number of nitrogens with one attached hydrogen (secondary N) is 1. The highest BCUT2D eigenvalue weighted by Crippen LogP contribution is 2.30. The van der Waals surface area contributed by atoms with Crippen LogP contribution in [0.1, 0.15) is 46.0 Å². The van der Waals surface area contributed by atoms with E-state index in [-0.39, 0.29) is 24.6 Å². The highest BCUT2D eigenvalue weighted by atomic mass is 32.2. The van der Waals surface area contributed by atoms with E-state index >= 15 is 0 Å². The van der Waals surface area contributed by atoms with Gasteiger partial charge < -0.3 is 10.1 Å². The first kappa shape index (κ1) is 19.6. The number of carbonyl (C=O) groups is 1. The molecule has 1 aliphatic carbocycles. The fourth-order valence-electron chi connectivity index (χ4n) is 3.05. The van der Waals surface area contributed by atoms with E-state index in [1.165, 1.54) is 6.42 Å². The summed E-state index contributed by atoms with van der Waals surface area (Å²) in [6.45, 7) is 3.50. The van der Waals surface area contributed by atoms with Crippen molar-refractivity contribution < 1.29 is 17.9 Å². The Labute approximate surface area is 150 Å². The van der Waals surface area contributed by atoms with Crippen molar-refractivity contribution in [3.8, 4) is 5.75 Å². The topological polar surface area (TPSA) is 75.7 Å². The van der Waals surface area contributed by atoms with E-state index in [0.717, 1.165) is 36.2 Å². The number of carbonyl (C=O) groups excluding carboxylic acids is 1. The molecule has 0 spiro atoms. The molecule has 25 heavy (non-hydrogen) atoms. The zero-order chi connectivity index (χ0) is 18.4. The molecular weight excluding hydrogens is 340 g/mol. The van der Waals surface area contributed by atoms with Gasteiger partial charge in [0.05, 0.1) is 18.0 Å². The minimum atomic E-state index is -3.62. The molecule has 1 amide bonds. The third-order valence-corrected chi connectivity index (χ3v) is 5.28. The van der Waals surface area contributed by atoms with Crippen LogP contribution in [0.15, 0.2) is 24.3 Å². The summed E-state index contributed by atoms with van der Waals surface area (Å²) in [6, 6.07) is 7.03. The standard InChI is InChI=1S/C18H28N2O4S/c1-14(2)24-17-12-8-7-11-16(17)20(25(3,22)23)13-18(21)19-15-9-5-4-6-10-15/h7-8,11-12,14-15H,4-6,9-10,13H2,1-3H3,(H,19,21). The average Bonchev–Trinajstić information content (AvgIpc) is 2.53. The molecule has 1 N–H and O–H groups in total. The van der Waals surface area contributed by atoms with Gasteiger partial charge in [0, 0.05) is 6.04 Å². The van der Waals surface area contributed by atoms with E-state index in [2.05, 4.69) is 5.32 Å². The zero-order valence-corrected chi connectivity index (χ0v) is 16.0. The van der Waals surface area contributed by atoms with E-state index in [1.54, 1.807) is 24.3 Å². The van der Waals surface area contributed by atoms with Gasteiger partial charge in [0.25, 0.3) is 0 Å². The molecule has 140 valence electrons. The van der Waals surface area contributed by atoms with Gasteiger partial charge in [0.2, 0.25) is 15.9 Å². The van der Waals surface area contributed by atoms with Crippen LogP contribution in [0.4, 0.5) is 5.69 Å². The van der Waals surface area contributed by atoms with Gasteiger partial charge in [0.1, 0.15) is 12.3 Å². The van der Waals surface area contributed by atoms with Crippen molar-refractivity contribution in [2.45, 2.75) is 58.1 Å². The molecular formula is C18H28N2O4S. The van der Waals surface area contributed by atoms with Crippen LogP contribution >= 0.6 is 0 Å². The molecule has 0 atom stereocenters. The number of nitrogens with zero attached hydrogens (tertiary/aromatic N) is 1. The first-order valence-electron chi connectivity index (χ1n) is 8.80. The minimum Gasteiger partial charge on any atom is -0.489 e. The summed E-state index contributed by atoms with van der Waals surface area (Å²) >= 11 is 0. The second-order valence-corrected chi connectivity index (χ2v) is 8.71. The molecule has 7 heteroatoms. The molecule has 2 rings (SSSR count). The maximum atomic E-state index is 12.4. The van der Waals surface area contributed by atoms with Crippen LogP contribution in [0.2, 0.25) is 0 Å². The molecule has 0 aromatic heterocycles. The fourth-order valence-corrected chi connectivity index (χ4v) is 3.91. The van der Waals surface area contributed by atoms with E-state index in [9.17, 15) is 13.2 Å². The Morgan fingerprint density at radius 2 is 1.88 bits per heavy atom. The predicted octanol–water partition coefficient (Wildman–Crippen LogP) is 2.69.